The van der Waals surface area contributed by atoms with Crippen LogP contribution >= 0.6 is 23.2 Å². The van der Waals surface area contributed by atoms with Crippen LogP contribution in [0.25, 0.3) is 0 Å². The summed E-state index contributed by atoms with van der Waals surface area (Å²) in [5.41, 5.74) is 7.24. The van der Waals surface area contributed by atoms with Crippen molar-refractivity contribution in [2.75, 3.05) is 6.54 Å². The van der Waals surface area contributed by atoms with Gasteiger partial charge in [0, 0.05) is 22.2 Å². The van der Waals surface area contributed by atoms with Gasteiger partial charge in [0.2, 0.25) is 5.91 Å². The first kappa shape index (κ1) is 18.7. The predicted octanol–water partition coefficient (Wildman–Crippen LogP) is 3.14. The second kappa shape index (κ2) is 7.27. The highest BCUT2D eigenvalue weighted by molar-refractivity contribution is 6.35. The highest BCUT2D eigenvalue weighted by atomic mass is 35.5. The van der Waals surface area contributed by atoms with Gasteiger partial charge in [0.15, 0.2) is 0 Å². The SMILES string of the molecule is CC(O)CN1C(=O)c2ccccc2C(C(N)=O)C1c1ccc(Cl)cc1Cl. The van der Waals surface area contributed by atoms with Crippen molar-refractivity contribution in [2.45, 2.75) is 25.0 Å². The standard InChI is InChI=1S/C19H18Cl2N2O3/c1-10(24)9-23-17(14-7-6-11(20)8-15(14)21)16(18(22)25)12-4-2-3-5-13(12)19(23)26/h2-8,10,16-17,24H,9H2,1H3,(H2,22,25). The van der Waals surface area contributed by atoms with E-state index in [1.807, 2.05) is 0 Å². The lowest BCUT2D eigenvalue weighted by Gasteiger charge is -2.42. The van der Waals surface area contributed by atoms with Crippen molar-refractivity contribution in [3.05, 3.63) is 69.2 Å². The van der Waals surface area contributed by atoms with Gasteiger partial charge in [-0.25, -0.2) is 0 Å². The van der Waals surface area contributed by atoms with E-state index in [1.54, 1.807) is 49.4 Å². The summed E-state index contributed by atoms with van der Waals surface area (Å²) in [6, 6.07) is 11.0. The number of fused-ring (bicyclic) bond motifs is 1. The molecule has 3 unspecified atom stereocenters. The van der Waals surface area contributed by atoms with Crippen molar-refractivity contribution in [1.29, 1.82) is 0 Å². The molecule has 1 aliphatic heterocycles. The third-order valence-electron chi connectivity index (χ3n) is 4.49. The number of rotatable bonds is 4. The Bertz CT molecular complexity index is 870. The Kier molecular flexibility index (Phi) is 5.23. The van der Waals surface area contributed by atoms with Crippen molar-refractivity contribution >= 4 is 35.0 Å². The molecule has 3 atom stereocenters. The molecule has 0 bridgehead atoms. The minimum absolute atomic E-state index is 0.0422. The van der Waals surface area contributed by atoms with Crippen LogP contribution in [0.1, 0.15) is 40.4 Å². The zero-order valence-electron chi connectivity index (χ0n) is 14.0. The quantitative estimate of drug-likeness (QED) is 0.837. The van der Waals surface area contributed by atoms with E-state index >= 15 is 0 Å². The Morgan fingerprint density at radius 3 is 2.54 bits per heavy atom. The van der Waals surface area contributed by atoms with Crippen LogP contribution < -0.4 is 5.73 Å². The fourth-order valence-corrected chi connectivity index (χ4v) is 3.99. The highest BCUT2D eigenvalue weighted by Crippen LogP contribution is 2.44. The molecule has 0 aromatic heterocycles. The number of primary amides is 1. The average molecular weight is 393 g/mol. The molecule has 0 aliphatic carbocycles. The van der Waals surface area contributed by atoms with Crippen LogP contribution in [0.3, 0.4) is 0 Å². The molecule has 2 aromatic rings. The lowest BCUT2D eigenvalue weighted by atomic mass is 9.79. The van der Waals surface area contributed by atoms with Gasteiger partial charge >= 0.3 is 0 Å². The van der Waals surface area contributed by atoms with Crippen molar-refractivity contribution in [2.24, 2.45) is 5.73 Å². The molecule has 0 spiro atoms. The van der Waals surface area contributed by atoms with Crippen LogP contribution in [0.15, 0.2) is 42.5 Å². The summed E-state index contributed by atoms with van der Waals surface area (Å²) in [6.07, 6.45) is -0.786. The molecule has 136 valence electrons. The number of halogens is 2. The summed E-state index contributed by atoms with van der Waals surface area (Å²) in [7, 11) is 0. The van der Waals surface area contributed by atoms with Crippen molar-refractivity contribution in [3.8, 4) is 0 Å². The van der Waals surface area contributed by atoms with E-state index in [1.165, 1.54) is 4.90 Å². The normalized spacial score (nSPS) is 20.6. The third kappa shape index (κ3) is 3.30. The summed E-state index contributed by atoms with van der Waals surface area (Å²) in [6.45, 7) is 1.62. The summed E-state index contributed by atoms with van der Waals surface area (Å²) >= 11 is 12.4. The fourth-order valence-electron chi connectivity index (χ4n) is 3.47. The van der Waals surface area contributed by atoms with Gasteiger partial charge in [0.1, 0.15) is 0 Å². The average Bonchev–Trinajstić information content (AvgIpc) is 2.57. The number of aliphatic hydroxyl groups is 1. The Balaban J connectivity index is 2.24. The second-order valence-electron chi connectivity index (χ2n) is 6.38. The van der Waals surface area contributed by atoms with E-state index in [9.17, 15) is 14.7 Å². The predicted molar refractivity (Wildman–Crippen MR) is 100 cm³/mol. The van der Waals surface area contributed by atoms with Gasteiger partial charge in [-0.05, 0) is 36.2 Å². The molecule has 2 aromatic carbocycles. The van der Waals surface area contributed by atoms with Gasteiger partial charge in [-0.2, -0.15) is 0 Å². The molecule has 0 fully saturated rings. The van der Waals surface area contributed by atoms with E-state index in [-0.39, 0.29) is 12.5 Å². The number of amides is 2. The number of carbonyl (C=O) groups is 2. The molecule has 0 saturated heterocycles. The van der Waals surface area contributed by atoms with E-state index in [4.69, 9.17) is 28.9 Å². The molecule has 0 saturated carbocycles. The Morgan fingerprint density at radius 2 is 1.92 bits per heavy atom. The number of hydrogen-bond acceptors (Lipinski definition) is 3. The van der Waals surface area contributed by atoms with E-state index in [0.717, 1.165) is 0 Å². The first-order valence-electron chi connectivity index (χ1n) is 8.13. The van der Waals surface area contributed by atoms with Gasteiger partial charge in [0.25, 0.3) is 5.91 Å². The Hall–Kier alpha value is -2.08. The van der Waals surface area contributed by atoms with Gasteiger partial charge in [-0.15, -0.1) is 0 Å². The zero-order valence-corrected chi connectivity index (χ0v) is 15.5. The maximum atomic E-state index is 13.1. The first-order valence-corrected chi connectivity index (χ1v) is 8.89. The number of β-amino-alcohol motifs (C(OH)–C–C–N with tert-alkyl or cyclic N) is 1. The molecular weight excluding hydrogens is 375 g/mol. The third-order valence-corrected chi connectivity index (χ3v) is 5.05. The molecule has 5 nitrogen and oxygen atoms in total. The lowest BCUT2D eigenvalue weighted by molar-refractivity contribution is -0.121. The molecule has 1 heterocycles. The molecule has 3 N–H and O–H groups in total. The number of hydrogen-bond donors (Lipinski definition) is 2. The molecule has 7 heteroatoms. The van der Waals surface area contributed by atoms with Gasteiger partial charge in [-0.1, -0.05) is 47.5 Å². The molecule has 3 rings (SSSR count). The topological polar surface area (TPSA) is 83.6 Å². The number of nitrogens with two attached hydrogens (primary N) is 1. The lowest BCUT2D eigenvalue weighted by Crippen LogP contribution is -2.48. The van der Waals surface area contributed by atoms with E-state index < -0.39 is 24.0 Å². The van der Waals surface area contributed by atoms with Crippen molar-refractivity contribution in [1.82, 2.24) is 4.90 Å². The van der Waals surface area contributed by atoms with Crippen LogP contribution in [0.4, 0.5) is 0 Å². The van der Waals surface area contributed by atoms with Gasteiger partial charge < -0.3 is 15.7 Å². The number of nitrogens with zero attached hydrogens (tertiary/aromatic N) is 1. The van der Waals surface area contributed by atoms with Gasteiger partial charge in [-0.3, -0.25) is 9.59 Å². The number of benzene rings is 2. The van der Waals surface area contributed by atoms with E-state index in [0.29, 0.717) is 26.7 Å². The fraction of sp³-hybridized carbons (Fsp3) is 0.263. The smallest absolute Gasteiger partial charge is 0.254 e. The second-order valence-corrected chi connectivity index (χ2v) is 7.23. The number of aliphatic hydroxyl groups excluding tert-OH is 1. The highest BCUT2D eigenvalue weighted by Gasteiger charge is 2.44. The maximum absolute atomic E-state index is 13.1. The summed E-state index contributed by atoms with van der Waals surface area (Å²) in [5, 5.41) is 10.7. The summed E-state index contributed by atoms with van der Waals surface area (Å²) < 4.78 is 0. The largest absolute Gasteiger partial charge is 0.392 e. The zero-order chi connectivity index (χ0) is 19.0. The molecule has 26 heavy (non-hydrogen) atoms. The molecule has 2 amide bonds. The molecule has 1 aliphatic rings. The minimum Gasteiger partial charge on any atom is -0.392 e. The maximum Gasteiger partial charge on any atom is 0.254 e. The van der Waals surface area contributed by atoms with Crippen molar-refractivity contribution < 1.29 is 14.7 Å². The summed E-state index contributed by atoms with van der Waals surface area (Å²) in [4.78, 5) is 26.9. The summed E-state index contributed by atoms with van der Waals surface area (Å²) in [5.74, 6) is -1.65. The van der Waals surface area contributed by atoms with Crippen molar-refractivity contribution in [3.63, 3.8) is 0 Å². The Morgan fingerprint density at radius 1 is 1.23 bits per heavy atom. The molecular formula is C19H18Cl2N2O3. The van der Waals surface area contributed by atoms with Crippen LogP contribution in [-0.4, -0.2) is 34.5 Å². The van der Waals surface area contributed by atoms with Crippen LogP contribution in [0.5, 0.6) is 0 Å². The van der Waals surface area contributed by atoms with Crippen LogP contribution in [0, 0.1) is 0 Å². The first-order chi connectivity index (χ1) is 12.3. The van der Waals surface area contributed by atoms with E-state index in [2.05, 4.69) is 0 Å². The van der Waals surface area contributed by atoms with Gasteiger partial charge in [0.05, 0.1) is 18.1 Å². The monoisotopic (exact) mass is 392 g/mol. The minimum atomic E-state index is -0.790. The Labute approximate surface area is 161 Å². The number of carbonyl (C=O) groups excluding carboxylic acids is 2. The van der Waals surface area contributed by atoms with Crippen LogP contribution in [0.2, 0.25) is 10.0 Å². The van der Waals surface area contributed by atoms with Crippen LogP contribution in [-0.2, 0) is 4.79 Å². The molecule has 0 radical (unpaired) electrons.